The zero-order chi connectivity index (χ0) is 23.2. The van der Waals surface area contributed by atoms with Crippen LogP contribution in [0.2, 0.25) is 0 Å². The van der Waals surface area contributed by atoms with E-state index in [-0.39, 0.29) is 0 Å². The highest BCUT2D eigenvalue weighted by atomic mass is 16.5. The molecule has 2 aromatic heterocycles. The third kappa shape index (κ3) is 5.53. The predicted molar refractivity (Wildman–Crippen MR) is 134 cm³/mol. The van der Waals surface area contributed by atoms with E-state index in [2.05, 4.69) is 64.1 Å². The first-order chi connectivity index (χ1) is 16.0. The van der Waals surface area contributed by atoms with Crippen molar-refractivity contribution in [3.05, 3.63) is 88.9 Å². The largest absolute Gasteiger partial charge is 0.379 e. The number of hydrazone groups is 1. The number of benzene rings is 1. The molecule has 2 N–H and O–H groups in total. The minimum Gasteiger partial charge on any atom is -0.379 e. The van der Waals surface area contributed by atoms with Crippen LogP contribution in [0.15, 0.2) is 71.5 Å². The van der Waals surface area contributed by atoms with Crippen LogP contribution in [0, 0.1) is 6.92 Å². The molecule has 0 unspecified atom stereocenters. The van der Waals surface area contributed by atoms with Crippen molar-refractivity contribution in [2.24, 2.45) is 10.9 Å². The molecule has 33 heavy (non-hydrogen) atoms. The fourth-order valence-electron chi connectivity index (χ4n) is 4.14. The minimum absolute atomic E-state index is 0.678. The van der Waals surface area contributed by atoms with Crippen molar-refractivity contribution in [2.75, 3.05) is 26.3 Å². The number of nitrogens with two attached hydrogens (primary N) is 1. The summed E-state index contributed by atoms with van der Waals surface area (Å²) in [4.78, 5) is 11.7. The van der Waals surface area contributed by atoms with Gasteiger partial charge in [-0.05, 0) is 56.2 Å². The molecule has 0 bridgehead atoms. The number of hydrogen-bond donors (Lipinski definition) is 1. The van der Waals surface area contributed by atoms with Gasteiger partial charge in [-0.2, -0.15) is 5.10 Å². The van der Waals surface area contributed by atoms with E-state index in [0.717, 1.165) is 72.2 Å². The number of hydrogen-bond acceptors (Lipinski definition) is 6. The SMILES string of the molecule is CC(C)=C(/C(=N\N)c1cccc(C)n1)c1ccnc(-c2ccc(CN3CCOCC3)cc2)c1. The highest BCUT2D eigenvalue weighted by Crippen LogP contribution is 2.27. The molecule has 0 aliphatic carbocycles. The Kier molecular flexibility index (Phi) is 7.27. The molecule has 3 heterocycles. The Balaban J connectivity index is 1.61. The Bertz CT molecular complexity index is 1160. The lowest BCUT2D eigenvalue weighted by Crippen LogP contribution is -2.35. The summed E-state index contributed by atoms with van der Waals surface area (Å²) in [7, 11) is 0. The van der Waals surface area contributed by atoms with Crippen LogP contribution in [0.4, 0.5) is 0 Å². The molecule has 4 rings (SSSR count). The first kappa shape index (κ1) is 22.8. The molecule has 0 atom stereocenters. The molecule has 170 valence electrons. The fraction of sp³-hybridized carbons (Fsp3) is 0.296. The molecule has 6 heteroatoms. The third-order valence-electron chi connectivity index (χ3n) is 5.81. The van der Waals surface area contributed by atoms with Gasteiger partial charge in [-0.15, -0.1) is 0 Å². The van der Waals surface area contributed by atoms with Crippen LogP contribution < -0.4 is 5.84 Å². The van der Waals surface area contributed by atoms with E-state index in [1.54, 1.807) is 0 Å². The van der Waals surface area contributed by atoms with Gasteiger partial charge in [0.05, 0.1) is 24.6 Å². The highest BCUT2D eigenvalue weighted by Gasteiger charge is 2.17. The molecular weight excluding hydrogens is 410 g/mol. The lowest BCUT2D eigenvalue weighted by molar-refractivity contribution is 0.0342. The van der Waals surface area contributed by atoms with Crippen molar-refractivity contribution in [2.45, 2.75) is 27.3 Å². The van der Waals surface area contributed by atoms with Gasteiger partial charge in [-0.3, -0.25) is 14.9 Å². The highest BCUT2D eigenvalue weighted by molar-refractivity contribution is 6.31. The number of morpholine rings is 1. The van der Waals surface area contributed by atoms with Crippen LogP contribution in [0.5, 0.6) is 0 Å². The van der Waals surface area contributed by atoms with Gasteiger partial charge >= 0.3 is 0 Å². The van der Waals surface area contributed by atoms with Crippen molar-refractivity contribution in [1.82, 2.24) is 14.9 Å². The molecule has 1 fully saturated rings. The van der Waals surface area contributed by atoms with Gasteiger partial charge in [-0.1, -0.05) is 35.9 Å². The van der Waals surface area contributed by atoms with Crippen LogP contribution in [0.1, 0.15) is 36.4 Å². The van der Waals surface area contributed by atoms with Gasteiger partial charge in [0.15, 0.2) is 0 Å². The van der Waals surface area contributed by atoms with E-state index in [1.807, 2.05) is 37.4 Å². The van der Waals surface area contributed by atoms with E-state index < -0.39 is 0 Å². The van der Waals surface area contributed by atoms with Gasteiger partial charge in [0, 0.05) is 42.7 Å². The van der Waals surface area contributed by atoms with E-state index in [1.165, 1.54) is 5.56 Å². The Morgan fingerprint density at radius 2 is 1.82 bits per heavy atom. The maximum absolute atomic E-state index is 5.86. The van der Waals surface area contributed by atoms with Gasteiger partial charge in [-0.25, -0.2) is 0 Å². The number of pyridine rings is 2. The molecular formula is C27H31N5O. The Labute approximate surface area is 195 Å². The smallest absolute Gasteiger partial charge is 0.116 e. The number of nitrogens with zero attached hydrogens (tertiary/aromatic N) is 4. The third-order valence-corrected chi connectivity index (χ3v) is 5.81. The molecule has 1 aliphatic rings. The lowest BCUT2D eigenvalue weighted by Gasteiger charge is -2.26. The van der Waals surface area contributed by atoms with Gasteiger partial charge in [0.25, 0.3) is 0 Å². The minimum atomic E-state index is 0.678. The van der Waals surface area contributed by atoms with Crippen molar-refractivity contribution >= 4 is 11.3 Å². The van der Waals surface area contributed by atoms with E-state index in [9.17, 15) is 0 Å². The van der Waals surface area contributed by atoms with E-state index in [4.69, 9.17) is 10.6 Å². The van der Waals surface area contributed by atoms with Gasteiger partial charge < -0.3 is 10.6 Å². The van der Waals surface area contributed by atoms with Crippen molar-refractivity contribution in [3.63, 3.8) is 0 Å². The number of ether oxygens (including phenoxy) is 1. The molecule has 0 spiro atoms. The average molecular weight is 442 g/mol. The molecule has 0 amide bonds. The first-order valence-electron chi connectivity index (χ1n) is 11.3. The summed E-state index contributed by atoms with van der Waals surface area (Å²) in [5.41, 5.74) is 8.76. The number of aromatic nitrogens is 2. The number of aryl methyl sites for hydroxylation is 1. The fourth-order valence-corrected chi connectivity index (χ4v) is 4.14. The maximum atomic E-state index is 5.86. The molecule has 0 radical (unpaired) electrons. The van der Waals surface area contributed by atoms with Crippen molar-refractivity contribution < 1.29 is 4.74 Å². The van der Waals surface area contributed by atoms with Gasteiger partial charge in [0.2, 0.25) is 0 Å². The molecule has 1 aliphatic heterocycles. The second kappa shape index (κ2) is 10.5. The van der Waals surface area contributed by atoms with Crippen LogP contribution in [-0.4, -0.2) is 46.9 Å². The summed E-state index contributed by atoms with van der Waals surface area (Å²) >= 11 is 0. The van der Waals surface area contributed by atoms with Gasteiger partial charge in [0.1, 0.15) is 5.71 Å². The van der Waals surface area contributed by atoms with Crippen LogP contribution >= 0.6 is 0 Å². The Hall–Kier alpha value is -3.35. The van der Waals surface area contributed by atoms with Crippen LogP contribution in [0.3, 0.4) is 0 Å². The van der Waals surface area contributed by atoms with Crippen LogP contribution in [-0.2, 0) is 11.3 Å². The zero-order valence-corrected chi connectivity index (χ0v) is 19.6. The molecule has 0 saturated carbocycles. The van der Waals surface area contributed by atoms with Crippen LogP contribution in [0.25, 0.3) is 16.8 Å². The van der Waals surface area contributed by atoms with Crippen molar-refractivity contribution in [3.8, 4) is 11.3 Å². The maximum Gasteiger partial charge on any atom is 0.116 e. The predicted octanol–water partition coefficient (Wildman–Crippen LogP) is 4.44. The second-order valence-corrected chi connectivity index (χ2v) is 8.53. The molecule has 3 aromatic rings. The van der Waals surface area contributed by atoms with E-state index in [0.29, 0.717) is 5.71 Å². The zero-order valence-electron chi connectivity index (χ0n) is 19.6. The monoisotopic (exact) mass is 441 g/mol. The topological polar surface area (TPSA) is 76.6 Å². The lowest BCUT2D eigenvalue weighted by atomic mass is 9.94. The quantitative estimate of drug-likeness (QED) is 0.348. The summed E-state index contributed by atoms with van der Waals surface area (Å²) in [5, 5.41) is 4.13. The summed E-state index contributed by atoms with van der Waals surface area (Å²) in [6.45, 7) is 10.6. The Morgan fingerprint density at radius 1 is 1.06 bits per heavy atom. The van der Waals surface area contributed by atoms with E-state index >= 15 is 0 Å². The molecule has 6 nitrogen and oxygen atoms in total. The normalized spacial score (nSPS) is 14.8. The molecule has 1 saturated heterocycles. The summed E-state index contributed by atoms with van der Waals surface area (Å²) < 4.78 is 5.45. The average Bonchev–Trinajstić information content (AvgIpc) is 2.83. The summed E-state index contributed by atoms with van der Waals surface area (Å²) in [5.74, 6) is 5.86. The molecule has 1 aromatic carbocycles. The first-order valence-corrected chi connectivity index (χ1v) is 11.3. The standard InChI is InChI=1S/C27H31N5O/c1-19(2)26(27(31-28)24-6-4-5-20(3)30-24)23-11-12-29-25(17-23)22-9-7-21(8-10-22)18-32-13-15-33-16-14-32/h4-12,17H,13-16,18,28H2,1-3H3/b31-27-. The van der Waals surface area contributed by atoms with Crippen molar-refractivity contribution in [1.29, 1.82) is 0 Å². The summed E-state index contributed by atoms with van der Waals surface area (Å²) in [6.07, 6.45) is 1.84. The summed E-state index contributed by atoms with van der Waals surface area (Å²) in [6, 6.07) is 18.6. The number of rotatable bonds is 6. The number of allylic oxidation sites excluding steroid dienone is 2. The second-order valence-electron chi connectivity index (χ2n) is 8.53. The Morgan fingerprint density at radius 3 is 2.48 bits per heavy atom.